The number of rotatable bonds is 9. The van der Waals surface area contributed by atoms with Crippen LogP contribution in [0, 0.1) is 6.92 Å². The van der Waals surface area contributed by atoms with E-state index in [4.69, 9.17) is 18.9 Å². The normalized spacial score (nSPS) is 17.4. The Morgan fingerprint density at radius 2 is 1.82 bits per heavy atom. The minimum Gasteiger partial charge on any atom is -0.507 e. The first-order valence-electron chi connectivity index (χ1n) is 10.6. The molecular formula is C25H29NO7. The van der Waals surface area contributed by atoms with Gasteiger partial charge < -0.3 is 29.0 Å². The van der Waals surface area contributed by atoms with Gasteiger partial charge in [-0.1, -0.05) is 12.1 Å². The molecule has 0 saturated carbocycles. The van der Waals surface area contributed by atoms with Crippen LogP contribution in [0.3, 0.4) is 0 Å². The molecule has 0 bridgehead atoms. The Hall–Kier alpha value is -3.52. The average molecular weight is 456 g/mol. The van der Waals surface area contributed by atoms with Crippen LogP contribution in [0.4, 0.5) is 0 Å². The van der Waals surface area contributed by atoms with Crippen molar-refractivity contribution in [2.75, 3.05) is 41.1 Å². The van der Waals surface area contributed by atoms with Gasteiger partial charge in [-0.2, -0.15) is 0 Å². The van der Waals surface area contributed by atoms with E-state index in [1.54, 1.807) is 36.4 Å². The van der Waals surface area contributed by atoms with Crippen molar-refractivity contribution in [3.8, 4) is 17.2 Å². The highest BCUT2D eigenvalue weighted by atomic mass is 16.5. The molecule has 3 rings (SSSR count). The van der Waals surface area contributed by atoms with E-state index in [9.17, 15) is 14.7 Å². The van der Waals surface area contributed by atoms with Gasteiger partial charge in [0.25, 0.3) is 11.7 Å². The molecule has 1 amide bonds. The molecule has 1 saturated heterocycles. The molecule has 1 atom stereocenters. The third-order valence-corrected chi connectivity index (χ3v) is 5.55. The molecule has 2 aromatic carbocycles. The number of carbonyl (C=O) groups is 2. The summed E-state index contributed by atoms with van der Waals surface area (Å²) in [6.45, 7) is 4.62. The average Bonchev–Trinajstić information content (AvgIpc) is 3.07. The zero-order valence-electron chi connectivity index (χ0n) is 19.5. The molecular weight excluding hydrogens is 426 g/mol. The number of aliphatic hydroxyl groups is 1. The number of nitrogens with zero attached hydrogens (tertiary/aromatic N) is 1. The third-order valence-electron chi connectivity index (χ3n) is 5.55. The minimum absolute atomic E-state index is 0.0220. The Labute approximate surface area is 193 Å². The summed E-state index contributed by atoms with van der Waals surface area (Å²) in [6.07, 6.45) is 0. The molecule has 1 unspecified atom stereocenters. The van der Waals surface area contributed by atoms with Crippen molar-refractivity contribution in [2.45, 2.75) is 19.9 Å². The number of carbonyl (C=O) groups excluding carboxylic acids is 2. The SMILES string of the molecule is CCOc1ccc(/C(O)=C2\C(=O)C(=O)N(CCOC)C2c2cccc(OC)c2OC)cc1C. The van der Waals surface area contributed by atoms with E-state index in [-0.39, 0.29) is 24.5 Å². The van der Waals surface area contributed by atoms with Gasteiger partial charge in [0.2, 0.25) is 0 Å². The van der Waals surface area contributed by atoms with Crippen LogP contribution in [-0.2, 0) is 14.3 Å². The van der Waals surface area contributed by atoms with Crippen LogP contribution in [0.1, 0.15) is 29.7 Å². The number of para-hydroxylation sites is 1. The van der Waals surface area contributed by atoms with Gasteiger partial charge in [0, 0.05) is 24.8 Å². The second-order valence-corrected chi connectivity index (χ2v) is 7.48. The van der Waals surface area contributed by atoms with Crippen LogP contribution in [0.25, 0.3) is 5.76 Å². The van der Waals surface area contributed by atoms with Crippen LogP contribution >= 0.6 is 0 Å². The number of Topliss-reactive ketones (excluding diaryl/α,β-unsaturated/α-hetero) is 1. The summed E-state index contributed by atoms with van der Waals surface area (Å²) in [6, 6.07) is 9.45. The largest absolute Gasteiger partial charge is 0.507 e. The number of hydrogen-bond acceptors (Lipinski definition) is 7. The first kappa shape index (κ1) is 24.1. The number of hydrogen-bond donors (Lipinski definition) is 1. The minimum atomic E-state index is -0.878. The lowest BCUT2D eigenvalue weighted by Gasteiger charge is -2.27. The second-order valence-electron chi connectivity index (χ2n) is 7.48. The topological polar surface area (TPSA) is 94.5 Å². The van der Waals surface area contributed by atoms with Crippen molar-refractivity contribution in [3.63, 3.8) is 0 Å². The molecule has 1 heterocycles. The second kappa shape index (κ2) is 10.4. The molecule has 1 aliphatic rings. The van der Waals surface area contributed by atoms with E-state index < -0.39 is 17.7 Å². The van der Waals surface area contributed by atoms with Crippen molar-refractivity contribution in [1.82, 2.24) is 4.90 Å². The van der Waals surface area contributed by atoms with Crippen LogP contribution in [-0.4, -0.2) is 62.8 Å². The maximum atomic E-state index is 13.1. The molecule has 1 N–H and O–H groups in total. The molecule has 8 nitrogen and oxygen atoms in total. The zero-order chi connectivity index (χ0) is 24.1. The van der Waals surface area contributed by atoms with Crippen molar-refractivity contribution in [2.24, 2.45) is 0 Å². The maximum absolute atomic E-state index is 13.1. The monoisotopic (exact) mass is 455 g/mol. The summed E-state index contributed by atoms with van der Waals surface area (Å²) in [7, 11) is 4.51. The molecule has 2 aromatic rings. The Morgan fingerprint density at radius 3 is 2.42 bits per heavy atom. The van der Waals surface area contributed by atoms with Gasteiger partial charge in [0.05, 0.1) is 39.0 Å². The van der Waals surface area contributed by atoms with E-state index in [1.165, 1.54) is 26.2 Å². The highest BCUT2D eigenvalue weighted by Gasteiger charge is 2.47. The van der Waals surface area contributed by atoms with E-state index >= 15 is 0 Å². The van der Waals surface area contributed by atoms with Crippen LogP contribution in [0.2, 0.25) is 0 Å². The first-order valence-corrected chi connectivity index (χ1v) is 10.6. The molecule has 1 aliphatic heterocycles. The molecule has 176 valence electrons. The van der Waals surface area contributed by atoms with Crippen molar-refractivity contribution in [3.05, 3.63) is 58.7 Å². The number of ether oxygens (including phenoxy) is 4. The predicted octanol–water partition coefficient (Wildman–Crippen LogP) is 3.48. The fourth-order valence-electron chi connectivity index (χ4n) is 4.02. The highest BCUT2D eigenvalue weighted by Crippen LogP contribution is 2.45. The van der Waals surface area contributed by atoms with E-state index in [0.29, 0.717) is 35.0 Å². The predicted molar refractivity (Wildman–Crippen MR) is 123 cm³/mol. The van der Waals surface area contributed by atoms with Gasteiger partial charge in [-0.25, -0.2) is 0 Å². The Morgan fingerprint density at radius 1 is 1.06 bits per heavy atom. The van der Waals surface area contributed by atoms with Gasteiger partial charge >= 0.3 is 0 Å². The summed E-state index contributed by atoms with van der Waals surface area (Å²) in [4.78, 5) is 27.5. The fourth-order valence-corrected chi connectivity index (χ4v) is 4.02. The van der Waals surface area contributed by atoms with Gasteiger partial charge in [-0.05, 0) is 43.7 Å². The van der Waals surface area contributed by atoms with Crippen LogP contribution < -0.4 is 14.2 Å². The van der Waals surface area contributed by atoms with Gasteiger partial charge in [-0.3, -0.25) is 9.59 Å². The maximum Gasteiger partial charge on any atom is 0.295 e. The summed E-state index contributed by atoms with van der Waals surface area (Å²) in [5.74, 6) is -0.252. The van der Waals surface area contributed by atoms with Gasteiger partial charge in [0.1, 0.15) is 11.5 Å². The summed E-state index contributed by atoms with van der Waals surface area (Å²) >= 11 is 0. The van der Waals surface area contributed by atoms with E-state index in [2.05, 4.69) is 0 Å². The first-order chi connectivity index (χ1) is 15.9. The van der Waals surface area contributed by atoms with E-state index in [0.717, 1.165) is 5.56 Å². The van der Waals surface area contributed by atoms with Crippen molar-refractivity contribution < 1.29 is 33.6 Å². The molecule has 0 radical (unpaired) electrons. The Kier molecular flexibility index (Phi) is 7.60. The lowest BCUT2D eigenvalue weighted by atomic mass is 9.94. The van der Waals surface area contributed by atoms with Crippen LogP contribution in [0.5, 0.6) is 17.2 Å². The number of likely N-dealkylation sites (tertiary alicyclic amines) is 1. The number of aliphatic hydroxyl groups excluding tert-OH is 1. The number of ketones is 1. The zero-order valence-corrected chi connectivity index (χ0v) is 19.5. The van der Waals surface area contributed by atoms with Gasteiger partial charge in [-0.15, -0.1) is 0 Å². The van der Waals surface area contributed by atoms with Crippen LogP contribution in [0.15, 0.2) is 42.0 Å². The standard InChI is InChI=1S/C25H29NO7/c1-6-33-18-11-10-16(14-15(18)2)22(27)20-21(26(12-13-30-3)25(29)23(20)28)17-8-7-9-19(31-4)24(17)32-5/h7-11,14,21,27H,6,12-13H2,1-5H3/b22-20+. The summed E-state index contributed by atoms with van der Waals surface area (Å²) in [5, 5.41) is 11.3. The molecule has 1 fully saturated rings. The van der Waals surface area contributed by atoms with Crippen molar-refractivity contribution >= 4 is 17.4 Å². The molecule has 8 heteroatoms. The third kappa shape index (κ3) is 4.52. The highest BCUT2D eigenvalue weighted by molar-refractivity contribution is 6.46. The molecule has 0 aromatic heterocycles. The number of methoxy groups -OCH3 is 3. The quantitative estimate of drug-likeness (QED) is 0.351. The number of aryl methyl sites for hydroxylation is 1. The summed E-state index contributed by atoms with van der Waals surface area (Å²) in [5.41, 5.74) is 1.71. The van der Waals surface area contributed by atoms with Gasteiger partial charge in [0.15, 0.2) is 11.5 Å². The lowest BCUT2D eigenvalue weighted by molar-refractivity contribution is -0.140. The Bertz CT molecular complexity index is 1080. The Balaban J connectivity index is 2.23. The molecule has 0 aliphatic carbocycles. The molecule has 33 heavy (non-hydrogen) atoms. The smallest absolute Gasteiger partial charge is 0.295 e. The van der Waals surface area contributed by atoms with Crippen molar-refractivity contribution in [1.29, 1.82) is 0 Å². The lowest BCUT2D eigenvalue weighted by Crippen LogP contribution is -2.32. The fraction of sp³-hybridized carbons (Fsp3) is 0.360. The van der Waals surface area contributed by atoms with E-state index in [1.807, 2.05) is 13.8 Å². The summed E-state index contributed by atoms with van der Waals surface area (Å²) < 4.78 is 21.7. The number of benzene rings is 2. The number of amides is 1. The molecule has 0 spiro atoms.